The van der Waals surface area contributed by atoms with Gasteiger partial charge in [-0.25, -0.2) is 4.98 Å². The van der Waals surface area contributed by atoms with Gasteiger partial charge < -0.3 is 9.47 Å². The lowest BCUT2D eigenvalue weighted by atomic mass is 10.1. The highest BCUT2D eigenvalue weighted by Crippen LogP contribution is 2.34. The molecule has 1 aromatic heterocycles. The maximum atomic E-state index is 13.4. The Kier molecular flexibility index (Phi) is 8.69. The van der Waals surface area contributed by atoms with Crippen LogP contribution in [0.15, 0.2) is 69.0 Å². The summed E-state index contributed by atoms with van der Waals surface area (Å²) >= 11 is 11.9. The molecule has 9 heteroatoms. The summed E-state index contributed by atoms with van der Waals surface area (Å²) in [5.74, 6) is 1.85. The van der Waals surface area contributed by atoms with Gasteiger partial charge in [0, 0.05) is 21.0 Å². The fourth-order valence-electron chi connectivity index (χ4n) is 3.62. The van der Waals surface area contributed by atoms with E-state index in [0.717, 1.165) is 25.6 Å². The summed E-state index contributed by atoms with van der Waals surface area (Å²) in [5.41, 5.74) is 2.09. The zero-order chi connectivity index (χ0) is 25.8. The molecule has 1 atom stereocenters. The molecule has 0 aliphatic heterocycles. The van der Waals surface area contributed by atoms with Crippen LogP contribution in [0.5, 0.6) is 11.5 Å². The largest absolute Gasteiger partial charge is 0.493 e. The molecule has 0 radical (unpaired) electrons. The number of nitrogens with zero attached hydrogens (tertiary/aromatic N) is 3. The summed E-state index contributed by atoms with van der Waals surface area (Å²) in [6.45, 7) is 4.41. The third-order valence-electron chi connectivity index (χ3n) is 5.79. The second-order valence-corrected chi connectivity index (χ2v) is 10.7. The Hall–Kier alpha value is -2.43. The van der Waals surface area contributed by atoms with E-state index in [9.17, 15) is 4.79 Å². The minimum absolute atomic E-state index is 0.0538. The molecule has 36 heavy (non-hydrogen) atoms. The maximum absolute atomic E-state index is 13.4. The molecule has 186 valence electrons. The van der Waals surface area contributed by atoms with Crippen LogP contribution in [-0.4, -0.2) is 23.0 Å². The van der Waals surface area contributed by atoms with E-state index < -0.39 is 0 Å². The number of hydrogen-bond acceptors (Lipinski definition) is 5. The maximum Gasteiger partial charge on any atom is 0.282 e. The molecule has 0 unspecified atom stereocenters. The number of hydrogen-bond donors (Lipinski definition) is 0. The van der Waals surface area contributed by atoms with Gasteiger partial charge in [0.15, 0.2) is 11.5 Å². The molecule has 4 aromatic rings. The number of benzene rings is 3. The number of ether oxygens (including phenoxy) is 2. The number of rotatable bonds is 8. The SMILES string of the molecule is CC[C@H](C)c1nc2ccc(Br)cc2c(=O)n1N=Cc1cc(I)c(OCc2ccccc2Cl)c(OC)c1. The molecule has 3 aromatic carbocycles. The highest BCUT2D eigenvalue weighted by molar-refractivity contribution is 14.1. The van der Waals surface area contributed by atoms with Gasteiger partial charge in [0.05, 0.1) is 27.8 Å². The lowest BCUT2D eigenvalue weighted by Crippen LogP contribution is -2.23. The Bertz CT molecular complexity index is 1510. The van der Waals surface area contributed by atoms with Crippen LogP contribution in [0.4, 0.5) is 0 Å². The van der Waals surface area contributed by atoms with Crippen LogP contribution in [0.3, 0.4) is 0 Å². The predicted octanol–water partition coefficient (Wildman–Crippen LogP) is 7.40. The van der Waals surface area contributed by atoms with Crippen LogP contribution in [-0.2, 0) is 6.61 Å². The van der Waals surface area contributed by atoms with E-state index in [1.165, 1.54) is 4.68 Å². The molecule has 0 N–H and O–H groups in total. The monoisotopic (exact) mass is 679 g/mol. The summed E-state index contributed by atoms with van der Waals surface area (Å²) in [7, 11) is 1.59. The number of methoxy groups -OCH3 is 1. The lowest BCUT2D eigenvalue weighted by Gasteiger charge is -2.15. The van der Waals surface area contributed by atoms with Gasteiger partial charge in [-0.2, -0.15) is 9.78 Å². The zero-order valence-electron chi connectivity index (χ0n) is 20.0. The normalized spacial score (nSPS) is 12.3. The minimum Gasteiger partial charge on any atom is -0.493 e. The van der Waals surface area contributed by atoms with Gasteiger partial charge in [0.1, 0.15) is 12.4 Å². The first-order chi connectivity index (χ1) is 17.3. The summed E-state index contributed by atoms with van der Waals surface area (Å²) in [5, 5.41) is 5.71. The van der Waals surface area contributed by atoms with Crippen molar-refractivity contribution < 1.29 is 9.47 Å². The van der Waals surface area contributed by atoms with E-state index in [1.54, 1.807) is 19.4 Å². The van der Waals surface area contributed by atoms with Crippen molar-refractivity contribution in [3.05, 3.63) is 95.0 Å². The van der Waals surface area contributed by atoms with Crippen molar-refractivity contribution in [2.45, 2.75) is 32.8 Å². The third-order valence-corrected chi connectivity index (χ3v) is 7.45. The Balaban J connectivity index is 1.71. The third kappa shape index (κ3) is 5.76. The number of fused-ring (bicyclic) bond motifs is 1. The van der Waals surface area contributed by atoms with Crippen LogP contribution in [0, 0.1) is 3.57 Å². The molecule has 0 aliphatic carbocycles. The van der Waals surface area contributed by atoms with E-state index >= 15 is 0 Å². The minimum atomic E-state index is -0.214. The summed E-state index contributed by atoms with van der Waals surface area (Å²) in [4.78, 5) is 18.1. The zero-order valence-corrected chi connectivity index (χ0v) is 24.5. The quantitative estimate of drug-likeness (QED) is 0.144. The Morgan fingerprint density at radius 1 is 1.22 bits per heavy atom. The van der Waals surface area contributed by atoms with Crippen LogP contribution in [0.25, 0.3) is 10.9 Å². The molecule has 0 saturated carbocycles. The van der Waals surface area contributed by atoms with E-state index in [2.05, 4.69) is 50.5 Å². The predicted molar refractivity (Wildman–Crippen MR) is 157 cm³/mol. The topological polar surface area (TPSA) is 65.7 Å². The standard InChI is InChI=1S/C27H24BrClIN3O3/c1-4-16(2)26-32-23-10-9-19(28)13-20(23)27(34)33(26)31-14-17-11-22(30)25(24(12-17)35-3)36-15-18-7-5-6-8-21(18)29/h5-14,16H,4,15H2,1-3H3/t16-/m0/s1. The van der Waals surface area contributed by atoms with E-state index in [0.29, 0.717) is 39.9 Å². The summed E-state index contributed by atoms with van der Waals surface area (Å²) in [6, 6.07) is 16.8. The fraction of sp³-hybridized carbons (Fsp3) is 0.222. The van der Waals surface area contributed by atoms with Crippen LogP contribution in [0.2, 0.25) is 5.02 Å². The Morgan fingerprint density at radius 3 is 2.72 bits per heavy atom. The van der Waals surface area contributed by atoms with Crippen molar-refractivity contribution >= 4 is 67.2 Å². The van der Waals surface area contributed by atoms with Crippen LogP contribution >= 0.6 is 50.1 Å². The average molecular weight is 681 g/mol. The van der Waals surface area contributed by atoms with Crippen LogP contribution < -0.4 is 15.0 Å². The molecule has 0 bridgehead atoms. The molecule has 1 heterocycles. The smallest absolute Gasteiger partial charge is 0.282 e. The van der Waals surface area contributed by atoms with Gasteiger partial charge in [0.2, 0.25) is 0 Å². The molecule has 0 aliphatic rings. The average Bonchev–Trinajstić information content (AvgIpc) is 2.87. The van der Waals surface area contributed by atoms with Crippen molar-refractivity contribution in [1.82, 2.24) is 9.66 Å². The van der Waals surface area contributed by atoms with Gasteiger partial charge >= 0.3 is 0 Å². The summed E-state index contributed by atoms with van der Waals surface area (Å²) in [6.07, 6.45) is 2.47. The molecule has 0 amide bonds. The molecule has 4 rings (SSSR count). The van der Waals surface area contributed by atoms with Crippen molar-refractivity contribution in [1.29, 1.82) is 0 Å². The molecule has 6 nitrogen and oxygen atoms in total. The molecular weight excluding hydrogens is 657 g/mol. The van der Waals surface area contributed by atoms with Gasteiger partial charge in [0.25, 0.3) is 5.56 Å². The Morgan fingerprint density at radius 2 is 2.00 bits per heavy atom. The second kappa shape index (κ2) is 11.7. The van der Waals surface area contributed by atoms with Crippen LogP contribution in [0.1, 0.15) is 43.1 Å². The highest BCUT2D eigenvalue weighted by Gasteiger charge is 2.16. The number of halogens is 3. The van der Waals surface area contributed by atoms with Crippen molar-refractivity contribution in [2.75, 3.05) is 7.11 Å². The number of aromatic nitrogens is 2. The molecule has 0 fully saturated rings. The second-order valence-electron chi connectivity index (χ2n) is 8.22. The van der Waals surface area contributed by atoms with Crippen molar-refractivity contribution in [3.63, 3.8) is 0 Å². The van der Waals surface area contributed by atoms with Crippen molar-refractivity contribution in [2.24, 2.45) is 5.10 Å². The van der Waals surface area contributed by atoms with Gasteiger partial charge in [-0.3, -0.25) is 4.79 Å². The molecule has 0 saturated heterocycles. The van der Waals surface area contributed by atoms with Gasteiger partial charge in [-0.05, 0) is 71.0 Å². The van der Waals surface area contributed by atoms with E-state index in [1.807, 2.05) is 55.5 Å². The first-order valence-electron chi connectivity index (χ1n) is 11.3. The van der Waals surface area contributed by atoms with Gasteiger partial charge in [-0.15, -0.1) is 0 Å². The first kappa shape index (κ1) is 26.6. The molecule has 0 spiro atoms. The van der Waals surface area contributed by atoms with Crippen molar-refractivity contribution in [3.8, 4) is 11.5 Å². The fourth-order valence-corrected chi connectivity index (χ4v) is 4.96. The van der Waals surface area contributed by atoms with E-state index in [-0.39, 0.29) is 11.5 Å². The Labute approximate surface area is 236 Å². The first-order valence-corrected chi connectivity index (χ1v) is 13.6. The van der Waals surface area contributed by atoms with Gasteiger partial charge in [-0.1, -0.05) is 59.6 Å². The summed E-state index contributed by atoms with van der Waals surface area (Å²) < 4.78 is 14.7. The van der Waals surface area contributed by atoms with E-state index in [4.69, 9.17) is 26.1 Å². The highest BCUT2D eigenvalue weighted by atomic mass is 127. The lowest BCUT2D eigenvalue weighted by molar-refractivity contribution is 0.282. The molecular formula is C27H24BrClIN3O3.